The highest BCUT2D eigenvalue weighted by Crippen LogP contribution is 2.30. The van der Waals surface area contributed by atoms with Crippen LogP contribution in [-0.4, -0.2) is 24.6 Å². The van der Waals surface area contributed by atoms with E-state index >= 15 is 0 Å². The van der Waals surface area contributed by atoms with Crippen LogP contribution in [-0.2, 0) is 0 Å². The molecule has 3 aromatic heterocycles. The van der Waals surface area contributed by atoms with Crippen LogP contribution in [0, 0.1) is 0 Å². The fraction of sp³-hybridized carbons (Fsp3) is 0.158. The van der Waals surface area contributed by atoms with Crippen LogP contribution in [0.4, 0.5) is 0 Å². The van der Waals surface area contributed by atoms with Gasteiger partial charge in [0.15, 0.2) is 0 Å². The summed E-state index contributed by atoms with van der Waals surface area (Å²) >= 11 is 0. The Bertz CT molecular complexity index is 958. The first-order valence-electron chi connectivity index (χ1n) is 7.93. The third-order valence-corrected chi connectivity index (χ3v) is 4.41. The zero-order valence-electron chi connectivity index (χ0n) is 13.3. The van der Waals surface area contributed by atoms with Crippen molar-refractivity contribution in [2.45, 2.75) is 19.1 Å². The van der Waals surface area contributed by atoms with Crippen molar-refractivity contribution in [1.82, 2.24) is 19.5 Å². The third kappa shape index (κ3) is 2.49. The van der Waals surface area contributed by atoms with Crippen LogP contribution in [0.2, 0.25) is 0 Å². The summed E-state index contributed by atoms with van der Waals surface area (Å²) in [6.45, 7) is 2.01. The summed E-state index contributed by atoms with van der Waals surface area (Å²) in [6.07, 6.45) is 6.86. The summed E-state index contributed by atoms with van der Waals surface area (Å²) in [5.41, 5.74) is 3.64. The molecule has 4 aromatic rings. The van der Waals surface area contributed by atoms with Crippen LogP contribution in [0.15, 0.2) is 67.4 Å². The Labute approximate surface area is 139 Å². The number of benzene rings is 1. The van der Waals surface area contributed by atoms with E-state index in [1.165, 1.54) is 0 Å². The molecule has 2 N–H and O–H groups in total. The molecular weight excluding hydrogens is 300 g/mol. The van der Waals surface area contributed by atoms with Crippen molar-refractivity contribution in [3.8, 4) is 11.3 Å². The van der Waals surface area contributed by atoms with E-state index in [1.54, 1.807) is 6.33 Å². The fourth-order valence-electron chi connectivity index (χ4n) is 3.00. The van der Waals surface area contributed by atoms with E-state index in [9.17, 15) is 5.11 Å². The van der Waals surface area contributed by atoms with E-state index in [-0.39, 0.29) is 6.04 Å². The lowest BCUT2D eigenvalue weighted by molar-refractivity contribution is 0.122. The van der Waals surface area contributed by atoms with E-state index in [0.717, 1.165) is 27.9 Å². The molecule has 0 aliphatic heterocycles. The van der Waals surface area contributed by atoms with Crippen LogP contribution < -0.4 is 0 Å². The summed E-state index contributed by atoms with van der Waals surface area (Å²) in [5, 5.41) is 11.6. The number of nitrogens with zero attached hydrogens (tertiary/aromatic N) is 3. The second-order valence-electron chi connectivity index (χ2n) is 5.91. The molecule has 0 fully saturated rings. The average Bonchev–Trinajstić information content (AvgIpc) is 3.30. The number of fused-ring (bicyclic) bond motifs is 1. The lowest BCUT2D eigenvalue weighted by Gasteiger charge is -2.21. The fourth-order valence-corrected chi connectivity index (χ4v) is 3.00. The number of aromatic nitrogens is 4. The van der Waals surface area contributed by atoms with Gasteiger partial charge in [-0.3, -0.25) is 0 Å². The van der Waals surface area contributed by atoms with Crippen molar-refractivity contribution in [2.24, 2.45) is 0 Å². The van der Waals surface area contributed by atoms with Crippen LogP contribution in [0.5, 0.6) is 0 Å². The minimum atomic E-state index is -0.566. The first kappa shape index (κ1) is 14.7. The summed E-state index contributed by atoms with van der Waals surface area (Å²) < 4.78 is 2.02. The molecule has 24 heavy (non-hydrogen) atoms. The minimum Gasteiger partial charge on any atom is -0.386 e. The monoisotopic (exact) mass is 318 g/mol. The van der Waals surface area contributed by atoms with Gasteiger partial charge in [0.2, 0.25) is 0 Å². The quantitative estimate of drug-likeness (QED) is 0.602. The summed E-state index contributed by atoms with van der Waals surface area (Å²) in [5.74, 6) is 0. The summed E-state index contributed by atoms with van der Waals surface area (Å²) in [7, 11) is 0. The van der Waals surface area contributed by atoms with Gasteiger partial charge in [-0.15, -0.1) is 0 Å². The molecule has 0 saturated heterocycles. The summed E-state index contributed by atoms with van der Waals surface area (Å²) in [4.78, 5) is 11.7. The Balaban J connectivity index is 1.66. The number of aliphatic hydroxyl groups excluding tert-OH is 1. The molecule has 0 aliphatic carbocycles. The molecule has 0 saturated carbocycles. The van der Waals surface area contributed by atoms with Crippen molar-refractivity contribution in [3.63, 3.8) is 0 Å². The minimum absolute atomic E-state index is 0.0790. The maximum absolute atomic E-state index is 10.6. The van der Waals surface area contributed by atoms with E-state index in [0.29, 0.717) is 0 Å². The second-order valence-corrected chi connectivity index (χ2v) is 5.91. The molecule has 4 rings (SSSR count). The lowest BCUT2D eigenvalue weighted by Crippen LogP contribution is -2.13. The van der Waals surface area contributed by atoms with Gasteiger partial charge < -0.3 is 14.7 Å². The second kappa shape index (κ2) is 5.94. The van der Waals surface area contributed by atoms with E-state index in [1.807, 2.05) is 72.5 Å². The van der Waals surface area contributed by atoms with Crippen LogP contribution >= 0.6 is 0 Å². The molecule has 0 amide bonds. The zero-order chi connectivity index (χ0) is 16.5. The third-order valence-electron chi connectivity index (χ3n) is 4.41. The molecule has 0 spiro atoms. The standard InChI is InChI=1S/C19H18N4O/c1-13(18(24)14-5-3-2-4-6-14)23-10-8-15(11-23)17-16-7-9-20-19(16)22-12-21-17/h2-13,18,24H,1H3,(H,20,21,22). The normalized spacial score (nSPS) is 13.9. The SMILES string of the molecule is CC(C(O)c1ccccc1)n1ccc(-c2ncnc3[nH]ccc23)c1. The van der Waals surface area contributed by atoms with Gasteiger partial charge in [0.05, 0.1) is 17.8 Å². The number of rotatable bonds is 4. The average molecular weight is 318 g/mol. The number of hydrogen-bond acceptors (Lipinski definition) is 3. The van der Waals surface area contributed by atoms with Gasteiger partial charge in [-0.05, 0) is 24.6 Å². The van der Waals surface area contributed by atoms with Gasteiger partial charge in [-0.25, -0.2) is 9.97 Å². The molecule has 2 atom stereocenters. The number of aromatic amines is 1. The molecule has 0 aliphatic rings. The number of hydrogen-bond donors (Lipinski definition) is 2. The molecule has 2 unspecified atom stereocenters. The van der Waals surface area contributed by atoms with Gasteiger partial charge in [-0.2, -0.15) is 0 Å². The van der Waals surface area contributed by atoms with Crippen molar-refractivity contribution in [3.05, 3.63) is 72.9 Å². The Morgan fingerprint density at radius 1 is 1.08 bits per heavy atom. The highest BCUT2D eigenvalue weighted by molar-refractivity contribution is 5.90. The molecule has 3 heterocycles. The first-order chi connectivity index (χ1) is 11.7. The highest BCUT2D eigenvalue weighted by Gasteiger charge is 2.18. The predicted octanol–water partition coefficient (Wildman–Crippen LogP) is 3.72. The number of nitrogens with one attached hydrogen (secondary N) is 1. The Morgan fingerprint density at radius 2 is 1.92 bits per heavy atom. The molecule has 1 aromatic carbocycles. The van der Waals surface area contributed by atoms with Crippen LogP contribution in [0.3, 0.4) is 0 Å². The van der Waals surface area contributed by atoms with Gasteiger partial charge in [-0.1, -0.05) is 30.3 Å². The smallest absolute Gasteiger partial charge is 0.141 e. The van der Waals surface area contributed by atoms with E-state index in [4.69, 9.17) is 0 Å². The molecular formula is C19H18N4O. The maximum atomic E-state index is 10.6. The molecule has 0 radical (unpaired) electrons. The van der Waals surface area contributed by atoms with Gasteiger partial charge in [0.25, 0.3) is 0 Å². The summed E-state index contributed by atoms with van der Waals surface area (Å²) in [6, 6.07) is 13.6. The number of H-pyrrole nitrogens is 1. The lowest BCUT2D eigenvalue weighted by atomic mass is 10.0. The largest absolute Gasteiger partial charge is 0.386 e. The molecule has 5 nitrogen and oxygen atoms in total. The van der Waals surface area contributed by atoms with Crippen molar-refractivity contribution < 1.29 is 5.11 Å². The van der Waals surface area contributed by atoms with Crippen LogP contribution in [0.25, 0.3) is 22.3 Å². The highest BCUT2D eigenvalue weighted by atomic mass is 16.3. The Morgan fingerprint density at radius 3 is 2.75 bits per heavy atom. The number of aliphatic hydroxyl groups is 1. The zero-order valence-corrected chi connectivity index (χ0v) is 13.3. The Kier molecular flexibility index (Phi) is 3.63. The van der Waals surface area contributed by atoms with Crippen molar-refractivity contribution in [2.75, 3.05) is 0 Å². The first-order valence-corrected chi connectivity index (χ1v) is 7.93. The van der Waals surface area contributed by atoms with Gasteiger partial charge >= 0.3 is 0 Å². The van der Waals surface area contributed by atoms with E-state index in [2.05, 4.69) is 15.0 Å². The maximum Gasteiger partial charge on any atom is 0.141 e. The van der Waals surface area contributed by atoms with Gasteiger partial charge in [0, 0.05) is 29.5 Å². The molecule has 5 heteroatoms. The topological polar surface area (TPSA) is 66.7 Å². The van der Waals surface area contributed by atoms with Crippen LogP contribution in [0.1, 0.15) is 24.6 Å². The van der Waals surface area contributed by atoms with E-state index < -0.39 is 6.10 Å². The Hall–Kier alpha value is -2.92. The predicted molar refractivity (Wildman–Crippen MR) is 93.4 cm³/mol. The van der Waals surface area contributed by atoms with Gasteiger partial charge in [0.1, 0.15) is 12.0 Å². The molecule has 0 bridgehead atoms. The molecule has 120 valence electrons. The van der Waals surface area contributed by atoms with Crippen molar-refractivity contribution in [1.29, 1.82) is 0 Å². The van der Waals surface area contributed by atoms with Crippen molar-refractivity contribution >= 4 is 11.0 Å².